The Morgan fingerprint density at radius 1 is 1.10 bits per heavy atom. The summed E-state index contributed by atoms with van der Waals surface area (Å²) in [7, 11) is 3.28. The molecule has 1 amide bonds. The van der Waals surface area contributed by atoms with Gasteiger partial charge in [0.25, 0.3) is 0 Å². The summed E-state index contributed by atoms with van der Waals surface area (Å²) < 4.78 is 16.4. The third-order valence-corrected chi connectivity index (χ3v) is 7.89. The molecule has 2 N–H and O–H groups in total. The molecule has 0 aliphatic carbocycles. The molecule has 0 spiro atoms. The Hall–Kier alpha value is -3.60. The second-order valence-electron chi connectivity index (χ2n) is 10.8. The van der Waals surface area contributed by atoms with Gasteiger partial charge in [0.15, 0.2) is 5.82 Å². The molecule has 5 rings (SSSR count). The van der Waals surface area contributed by atoms with Crippen molar-refractivity contribution >= 4 is 52.0 Å². The molecule has 41 heavy (non-hydrogen) atoms. The Morgan fingerprint density at radius 3 is 2.66 bits per heavy atom. The molecule has 0 radical (unpaired) electrons. The molecule has 3 heterocycles. The molecular formula is C30H37ClN6O4. The zero-order chi connectivity index (χ0) is 29.0. The van der Waals surface area contributed by atoms with Crippen LogP contribution in [0.1, 0.15) is 32.3 Å². The average Bonchev–Trinajstić information content (AvgIpc) is 3.07. The molecule has 2 aliphatic rings. The predicted molar refractivity (Wildman–Crippen MR) is 163 cm³/mol. The van der Waals surface area contributed by atoms with Gasteiger partial charge in [0, 0.05) is 56.3 Å². The number of amides is 1. The number of nitrogens with zero attached hydrogens (tertiary/aromatic N) is 4. The summed E-state index contributed by atoms with van der Waals surface area (Å²) in [5, 5.41) is 6.95. The molecule has 1 aromatic heterocycles. The number of morpholine rings is 1. The number of methoxy groups -OCH3 is 2. The van der Waals surface area contributed by atoms with Gasteiger partial charge in [-0.15, -0.1) is 0 Å². The zero-order valence-electron chi connectivity index (χ0n) is 24.0. The van der Waals surface area contributed by atoms with Crippen molar-refractivity contribution in [2.24, 2.45) is 0 Å². The lowest BCUT2D eigenvalue weighted by Gasteiger charge is -2.29. The minimum atomic E-state index is -0.143. The number of carbonyl (C=O) groups is 1. The second kappa shape index (κ2) is 12.5. The highest BCUT2D eigenvalue weighted by Crippen LogP contribution is 2.41. The predicted octanol–water partition coefficient (Wildman–Crippen LogP) is 5.51. The maximum atomic E-state index is 13.0. The van der Waals surface area contributed by atoms with Crippen LogP contribution in [-0.4, -0.2) is 69.5 Å². The molecule has 0 unspecified atom stereocenters. The molecule has 1 fully saturated rings. The van der Waals surface area contributed by atoms with E-state index in [1.54, 1.807) is 20.4 Å². The zero-order valence-corrected chi connectivity index (χ0v) is 24.8. The second-order valence-corrected chi connectivity index (χ2v) is 11.2. The Labute approximate surface area is 246 Å². The lowest BCUT2D eigenvalue weighted by atomic mass is 9.80. The standard InChI is InChI=1S/C30H37ClN6O4/c1-30(2)10-9-27(38)37(13-14-39-3)25-17-20(5-7-22(25)30)33-29-32-19-23(31)28(35-29)34-24-8-6-21(18-26(24)40-4)36-11-15-41-16-12-36/h5-8,17-19H,9-16H2,1-4H3,(H2,32,33,34,35). The van der Waals surface area contributed by atoms with Gasteiger partial charge < -0.3 is 34.6 Å². The van der Waals surface area contributed by atoms with Crippen molar-refractivity contribution in [3.05, 3.63) is 53.2 Å². The number of halogens is 1. The first kappa shape index (κ1) is 28.9. The largest absolute Gasteiger partial charge is 0.494 e. The van der Waals surface area contributed by atoms with Gasteiger partial charge in [-0.25, -0.2) is 4.98 Å². The van der Waals surface area contributed by atoms with Crippen LogP contribution >= 0.6 is 11.6 Å². The van der Waals surface area contributed by atoms with E-state index in [4.69, 9.17) is 25.8 Å². The van der Waals surface area contributed by atoms with E-state index in [1.165, 1.54) is 0 Å². The summed E-state index contributed by atoms with van der Waals surface area (Å²) in [5.74, 6) is 1.57. The number of fused-ring (bicyclic) bond motifs is 1. The summed E-state index contributed by atoms with van der Waals surface area (Å²) in [6.07, 6.45) is 2.82. The highest BCUT2D eigenvalue weighted by Gasteiger charge is 2.33. The van der Waals surface area contributed by atoms with E-state index < -0.39 is 0 Å². The van der Waals surface area contributed by atoms with Gasteiger partial charge >= 0.3 is 0 Å². The monoisotopic (exact) mass is 580 g/mol. The number of carbonyl (C=O) groups excluding carboxylic acids is 1. The molecule has 10 nitrogen and oxygen atoms in total. The quantitative estimate of drug-likeness (QED) is 0.339. The average molecular weight is 581 g/mol. The fraction of sp³-hybridized carbons (Fsp3) is 0.433. The molecule has 0 atom stereocenters. The summed E-state index contributed by atoms with van der Waals surface area (Å²) in [4.78, 5) is 26.2. The molecular weight excluding hydrogens is 544 g/mol. The van der Waals surface area contributed by atoms with Crippen LogP contribution in [0.3, 0.4) is 0 Å². The van der Waals surface area contributed by atoms with E-state index in [9.17, 15) is 4.79 Å². The molecule has 2 aliphatic heterocycles. The summed E-state index contributed by atoms with van der Waals surface area (Å²) in [5.41, 5.74) is 4.41. The minimum Gasteiger partial charge on any atom is -0.494 e. The third kappa shape index (κ3) is 6.50. The number of hydrogen-bond donors (Lipinski definition) is 2. The van der Waals surface area contributed by atoms with Crippen LogP contribution in [0, 0.1) is 0 Å². The smallest absolute Gasteiger partial charge is 0.229 e. The first-order valence-corrected chi connectivity index (χ1v) is 14.2. The third-order valence-electron chi connectivity index (χ3n) is 7.62. The molecule has 3 aromatic rings. The topological polar surface area (TPSA) is 101 Å². The molecule has 11 heteroatoms. The van der Waals surface area contributed by atoms with E-state index in [1.807, 2.05) is 35.2 Å². The molecule has 0 bridgehead atoms. The van der Waals surface area contributed by atoms with Crippen molar-refractivity contribution in [2.75, 3.05) is 74.1 Å². The number of anilines is 6. The normalized spacial score (nSPS) is 16.7. The number of benzene rings is 2. The van der Waals surface area contributed by atoms with Gasteiger partial charge in [0.2, 0.25) is 11.9 Å². The Morgan fingerprint density at radius 2 is 1.90 bits per heavy atom. The molecule has 218 valence electrons. The summed E-state index contributed by atoms with van der Waals surface area (Å²) in [6, 6.07) is 12.0. The van der Waals surface area contributed by atoms with Crippen molar-refractivity contribution < 1.29 is 19.0 Å². The Kier molecular flexibility index (Phi) is 8.82. The fourth-order valence-electron chi connectivity index (χ4n) is 5.23. The highest BCUT2D eigenvalue weighted by atomic mass is 35.5. The van der Waals surface area contributed by atoms with Crippen LogP contribution in [0.15, 0.2) is 42.6 Å². The SMILES string of the molecule is COCCN1C(=O)CCC(C)(C)c2ccc(Nc3ncc(Cl)c(Nc4ccc(N5CCOCC5)cc4OC)n3)cc21. The Bertz CT molecular complexity index is 1400. The summed E-state index contributed by atoms with van der Waals surface area (Å²) >= 11 is 6.49. The van der Waals surface area contributed by atoms with Crippen molar-refractivity contribution in [2.45, 2.75) is 32.1 Å². The number of aromatic nitrogens is 2. The number of hydrogen-bond acceptors (Lipinski definition) is 9. The fourth-order valence-corrected chi connectivity index (χ4v) is 5.37. The van der Waals surface area contributed by atoms with Gasteiger partial charge in [0.1, 0.15) is 10.8 Å². The van der Waals surface area contributed by atoms with Crippen molar-refractivity contribution in [1.82, 2.24) is 9.97 Å². The highest BCUT2D eigenvalue weighted by molar-refractivity contribution is 6.33. The number of rotatable bonds is 9. The maximum Gasteiger partial charge on any atom is 0.229 e. The van der Waals surface area contributed by atoms with Gasteiger partial charge in [-0.05, 0) is 41.7 Å². The van der Waals surface area contributed by atoms with Gasteiger partial charge in [-0.1, -0.05) is 31.5 Å². The van der Waals surface area contributed by atoms with E-state index >= 15 is 0 Å². The first-order chi connectivity index (χ1) is 19.8. The minimum absolute atomic E-state index is 0.0915. The van der Waals surface area contributed by atoms with E-state index in [2.05, 4.69) is 45.4 Å². The van der Waals surface area contributed by atoms with Gasteiger partial charge in [-0.2, -0.15) is 4.98 Å². The number of ether oxygens (including phenoxy) is 3. The van der Waals surface area contributed by atoms with Crippen LogP contribution < -0.4 is 25.2 Å². The van der Waals surface area contributed by atoms with Gasteiger partial charge in [-0.3, -0.25) is 4.79 Å². The van der Waals surface area contributed by atoms with Crippen LogP contribution in [0.2, 0.25) is 5.02 Å². The van der Waals surface area contributed by atoms with Crippen molar-refractivity contribution in [1.29, 1.82) is 0 Å². The van der Waals surface area contributed by atoms with Crippen LogP contribution in [-0.2, 0) is 19.7 Å². The summed E-state index contributed by atoms with van der Waals surface area (Å²) in [6.45, 7) is 8.37. The van der Waals surface area contributed by atoms with Crippen molar-refractivity contribution in [3.63, 3.8) is 0 Å². The van der Waals surface area contributed by atoms with Crippen LogP contribution in [0.4, 0.5) is 34.5 Å². The first-order valence-electron chi connectivity index (χ1n) is 13.8. The Balaban J connectivity index is 1.39. The lowest BCUT2D eigenvalue weighted by molar-refractivity contribution is -0.118. The van der Waals surface area contributed by atoms with E-state index in [0.717, 1.165) is 47.8 Å². The maximum absolute atomic E-state index is 13.0. The van der Waals surface area contributed by atoms with E-state index in [0.29, 0.717) is 55.3 Å². The van der Waals surface area contributed by atoms with Crippen LogP contribution in [0.25, 0.3) is 0 Å². The van der Waals surface area contributed by atoms with Crippen LogP contribution in [0.5, 0.6) is 5.75 Å². The number of nitrogens with one attached hydrogen (secondary N) is 2. The van der Waals surface area contributed by atoms with E-state index in [-0.39, 0.29) is 11.3 Å². The van der Waals surface area contributed by atoms with Crippen molar-refractivity contribution in [3.8, 4) is 5.75 Å². The van der Waals surface area contributed by atoms with Gasteiger partial charge in [0.05, 0.1) is 38.8 Å². The molecule has 2 aromatic carbocycles. The lowest BCUT2D eigenvalue weighted by Crippen LogP contribution is -2.36. The molecule has 0 saturated carbocycles. The molecule has 1 saturated heterocycles.